The summed E-state index contributed by atoms with van der Waals surface area (Å²) in [4.78, 5) is 0. The first-order valence-electron chi connectivity index (χ1n) is 6.62. The molecule has 0 radical (unpaired) electrons. The van der Waals surface area contributed by atoms with Gasteiger partial charge in [-0.05, 0) is 57.4 Å². The normalized spacial score (nSPS) is 14.4. The summed E-state index contributed by atoms with van der Waals surface area (Å²) in [5.41, 5.74) is -0.709. The van der Waals surface area contributed by atoms with Crippen LogP contribution in [0.25, 0.3) is 0 Å². The van der Waals surface area contributed by atoms with Crippen molar-refractivity contribution >= 4 is 0 Å². The fraction of sp³-hybridized carbons (Fsp3) is 0.600. The molecule has 1 N–H and O–H groups in total. The predicted octanol–water partition coefficient (Wildman–Crippen LogP) is 4.73. The molecule has 0 amide bonds. The second-order valence-corrected chi connectivity index (χ2v) is 6.10. The van der Waals surface area contributed by atoms with Crippen LogP contribution in [0.3, 0.4) is 0 Å². The van der Waals surface area contributed by atoms with Gasteiger partial charge in [0.05, 0.1) is 5.56 Å². The van der Waals surface area contributed by atoms with Crippen LogP contribution in [0.1, 0.15) is 51.2 Å². The summed E-state index contributed by atoms with van der Waals surface area (Å²) in [7, 11) is 0. The van der Waals surface area contributed by atoms with E-state index in [-0.39, 0.29) is 11.5 Å². The molecule has 1 aromatic carbocycles. The quantitative estimate of drug-likeness (QED) is 0.791. The van der Waals surface area contributed by atoms with Gasteiger partial charge >= 0.3 is 6.18 Å². The van der Waals surface area contributed by atoms with E-state index in [0.717, 1.165) is 12.1 Å². The average molecular weight is 291 g/mol. The van der Waals surface area contributed by atoms with E-state index in [0.29, 0.717) is 18.5 Å². The smallest absolute Gasteiger partial charge is 0.312 e. The van der Waals surface area contributed by atoms with Crippen molar-refractivity contribution in [3.63, 3.8) is 0 Å². The SMILES string of the molecule is CC(CCNC(C)(C)C)c1ccc(F)c(C(F)(F)F)c1. The molecular weight excluding hydrogens is 270 g/mol. The van der Waals surface area contributed by atoms with E-state index in [1.165, 1.54) is 6.07 Å². The summed E-state index contributed by atoms with van der Waals surface area (Å²) >= 11 is 0. The molecule has 1 unspecified atom stereocenters. The van der Waals surface area contributed by atoms with E-state index < -0.39 is 17.6 Å². The Kier molecular flexibility index (Phi) is 5.19. The van der Waals surface area contributed by atoms with Crippen LogP contribution in [-0.2, 0) is 6.18 Å². The van der Waals surface area contributed by atoms with E-state index in [4.69, 9.17) is 0 Å². The lowest BCUT2D eigenvalue weighted by Crippen LogP contribution is -2.36. The van der Waals surface area contributed by atoms with Gasteiger partial charge in [0, 0.05) is 5.54 Å². The first kappa shape index (κ1) is 17.0. The largest absolute Gasteiger partial charge is 0.419 e. The van der Waals surface area contributed by atoms with Crippen LogP contribution in [0.15, 0.2) is 18.2 Å². The molecule has 0 aromatic heterocycles. The maximum Gasteiger partial charge on any atom is 0.419 e. The molecule has 0 bridgehead atoms. The highest BCUT2D eigenvalue weighted by Gasteiger charge is 2.34. The van der Waals surface area contributed by atoms with E-state index in [1.54, 1.807) is 0 Å². The van der Waals surface area contributed by atoms with Crippen LogP contribution >= 0.6 is 0 Å². The van der Waals surface area contributed by atoms with Crippen LogP contribution in [-0.4, -0.2) is 12.1 Å². The second kappa shape index (κ2) is 6.12. The number of hydrogen-bond acceptors (Lipinski definition) is 1. The summed E-state index contributed by atoms with van der Waals surface area (Å²) in [5.74, 6) is -1.28. The van der Waals surface area contributed by atoms with Crippen molar-refractivity contribution in [3.8, 4) is 0 Å². The standard InChI is InChI=1S/C15H21F4N/c1-10(7-8-20-14(2,3)4)11-5-6-13(16)12(9-11)15(17,18)19/h5-6,9-10,20H,7-8H2,1-4H3. The first-order chi connectivity index (χ1) is 9.00. The predicted molar refractivity (Wildman–Crippen MR) is 72.2 cm³/mol. The van der Waals surface area contributed by atoms with Gasteiger partial charge in [-0.2, -0.15) is 13.2 Å². The molecule has 0 heterocycles. The van der Waals surface area contributed by atoms with Gasteiger partial charge in [0.2, 0.25) is 0 Å². The Balaban J connectivity index is 2.77. The zero-order chi connectivity index (χ0) is 15.6. The molecule has 0 aliphatic rings. The molecule has 0 aliphatic carbocycles. The molecule has 0 fully saturated rings. The lowest BCUT2D eigenvalue weighted by Gasteiger charge is -2.22. The minimum absolute atomic E-state index is 0.0281. The Labute approximate surface area is 117 Å². The van der Waals surface area contributed by atoms with Crippen LogP contribution in [0.2, 0.25) is 0 Å². The maximum absolute atomic E-state index is 13.2. The Morgan fingerprint density at radius 3 is 2.25 bits per heavy atom. The van der Waals surface area contributed by atoms with Gasteiger partial charge < -0.3 is 5.32 Å². The number of nitrogens with one attached hydrogen (secondary N) is 1. The summed E-state index contributed by atoms with van der Waals surface area (Å²) in [5, 5.41) is 3.28. The molecule has 1 aromatic rings. The average Bonchev–Trinajstić information content (AvgIpc) is 2.26. The van der Waals surface area contributed by atoms with Crippen LogP contribution < -0.4 is 5.32 Å². The van der Waals surface area contributed by atoms with Gasteiger partial charge in [-0.3, -0.25) is 0 Å². The minimum atomic E-state index is -4.65. The Hall–Kier alpha value is -1.10. The molecule has 5 heteroatoms. The number of benzene rings is 1. The molecule has 1 atom stereocenters. The summed E-state index contributed by atoms with van der Waals surface area (Å²) in [6, 6.07) is 3.23. The van der Waals surface area contributed by atoms with Crippen molar-refractivity contribution < 1.29 is 17.6 Å². The molecular formula is C15H21F4N. The summed E-state index contributed by atoms with van der Waals surface area (Å²) in [6.45, 7) is 8.62. The molecule has 1 nitrogen and oxygen atoms in total. The molecule has 0 spiro atoms. The number of alkyl halides is 3. The van der Waals surface area contributed by atoms with Crippen molar-refractivity contribution in [3.05, 3.63) is 35.1 Å². The zero-order valence-electron chi connectivity index (χ0n) is 12.2. The lowest BCUT2D eigenvalue weighted by atomic mass is 9.95. The lowest BCUT2D eigenvalue weighted by molar-refractivity contribution is -0.140. The monoisotopic (exact) mass is 291 g/mol. The highest BCUT2D eigenvalue weighted by Crippen LogP contribution is 2.33. The minimum Gasteiger partial charge on any atom is -0.312 e. The van der Waals surface area contributed by atoms with Gasteiger partial charge in [0.15, 0.2) is 0 Å². The third-order valence-corrected chi connectivity index (χ3v) is 3.10. The van der Waals surface area contributed by atoms with Crippen molar-refractivity contribution in [2.75, 3.05) is 6.54 Å². The van der Waals surface area contributed by atoms with Gasteiger partial charge in [-0.1, -0.05) is 13.0 Å². The first-order valence-corrected chi connectivity index (χ1v) is 6.62. The van der Waals surface area contributed by atoms with Crippen molar-refractivity contribution in [2.45, 2.75) is 51.7 Å². The summed E-state index contributed by atoms with van der Waals surface area (Å²) < 4.78 is 51.1. The Morgan fingerprint density at radius 1 is 1.15 bits per heavy atom. The van der Waals surface area contributed by atoms with Gasteiger partial charge in [-0.25, -0.2) is 4.39 Å². The number of hydrogen-bond donors (Lipinski definition) is 1. The van der Waals surface area contributed by atoms with Crippen LogP contribution in [0.4, 0.5) is 17.6 Å². The Morgan fingerprint density at radius 2 is 1.75 bits per heavy atom. The molecule has 20 heavy (non-hydrogen) atoms. The second-order valence-electron chi connectivity index (χ2n) is 6.10. The fourth-order valence-electron chi connectivity index (χ4n) is 1.90. The summed E-state index contributed by atoms with van der Waals surface area (Å²) in [6.07, 6.45) is -3.95. The number of halogens is 4. The fourth-order valence-corrected chi connectivity index (χ4v) is 1.90. The van der Waals surface area contributed by atoms with Crippen molar-refractivity contribution in [1.82, 2.24) is 5.32 Å². The number of rotatable bonds is 4. The molecule has 0 saturated heterocycles. The third-order valence-electron chi connectivity index (χ3n) is 3.10. The van der Waals surface area contributed by atoms with E-state index in [9.17, 15) is 17.6 Å². The van der Waals surface area contributed by atoms with E-state index in [1.807, 2.05) is 27.7 Å². The van der Waals surface area contributed by atoms with Crippen molar-refractivity contribution in [2.24, 2.45) is 0 Å². The highest BCUT2D eigenvalue weighted by atomic mass is 19.4. The van der Waals surface area contributed by atoms with Gasteiger partial charge in [0.1, 0.15) is 5.82 Å². The topological polar surface area (TPSA) is 12.0 Å². The zero-order valence-corrected chi connectivity index (χ0v) is 12.2. The van der Waals surface area contributed by atoms with Gasteiger partial charge in [-0.15, -0.1) is 0 Å². The molecule has 0 aliphatic heterocycles. The van der Waals surface area contributed by atoms with Crippen LogP contribution in [0.5, 0.6) is 0 Å². The van der Waals surface area contributed by atoms with Crippen molar-refractivity contribution in [1.29, 1.82) is 0 Å². The van der Waals surface area contributed by atoms with E-state index in [2.05, 4.69) is 5.32 Å². The van der Waals surface area contributed by atoms with Crippen LogP contribution in [0, 0.1) is 5.82 Å². The van der Waals surface area contributed by atoms with E-state index >= 15 is 0 Å². The van der Waals surface area contributed by atoms with Gasteiger partial charge in [0.25, 0.3) is 0 Å². The molecule has 114 valence electrons. The third kappa shape index (κ3) is 5.12. The Bertz CT molecular complexity index is 446. The molecule has 1 rings (SSSR count). The highest BCUT2D eigenvalue weighted by molar-refractivity contribution is 5.29. The molecule has 0 saturated carbocycles. The maximum atomic E-state index is 13.2.